The molecule has 0 aliphatic carbocycles. The number of unbranched alkanes of at least 4 members (excludes halogenated alkanes) is 5. The van der Waals surface area contributed by atoms with Crippen molar-refractivity contribution in [1.29, 1.82) is 0 Å². The van der Waals surface area contributed by atoms with E-state index in [9.17, 15) is 15.3 Å². The van der Waals surface area contributed by atoms with E-state index in [4.69, 9.17) is 14.6 Å². The third-order valence-corrected chi connectivity index (χ3v) is 3.65. The van der Waals surface area contributed by atoms with Crippen LogP contribution in [0.15, 0.2) is 0 Å². The fourth-order valence-electron chi connectivity index (χ4n) is 2.37. The molecule has 6 nitrogen and oxygen atoms in total. The Balaban J connectivity index is 2.25. The van der Waals surface area contributed by atoms with Gasteiger partial charge in [0, 0.05) is 6.61 Å². The molecule has 20 heavy (non-hydrogen) atoms. The molecule has 0 amide bonds. The van der Waals surface area contributed by atoms with Crippen LogP contribution < -0.4 is 0 Å². The lowest BCUT2D eigenvalue weighted by Crippen LogP contribution is -2.59. The van der Waals surface area contributed by atoms with Crippen molar-refractivity contribution in [3.05, 3.63) is 0 Å². The van der Waals surface area contributed by atoms with Gasteiger partial charge in [-0.2, -0.15) is 0 Å². The van der Waals surface area contributed by atoms with Gasteiger partial charge in [0.2, 0.25) is 0 Å². The number of aliphatic hydroxyl groups excluding tert-OH is 4. The van der Waals surface area contributed by atoms with E-state index in [1.165, 1.54) is 19.3 Å². The molecule has 0 spiro atoms. The van der Waals surface area contributed by atoms with Crippen LogP contribution in [-0.2, 0) is 9.47 Å². The maximum atomic E-state index is 9.91. The van der Waals surface area contributed by atoms with Crippen LogP contribution in [0.1, 0.15) is 45.4 Å². The summed E-state index contributed by atoms with van der Waals surface area (Å²) in [6.45, 7) is 2.15. The van der Waals surface area contributed by atoms with E-state index in [-0.39, 0.29) is 0 Å². The summed E-state index contributed by atoms with van der Waals surface area (Å²) < 4.78 is 10.4. The van der Waals surface area contributed by atoms with Gasteiger partial charge in [-0.25, -0.2) is 0 Å². The average Bonchev–Trinajstić information content (AvgIpc) is 2.45. The largest absolute Gasteiger partial charge is 0.394 e. The van der Waals surface area contributed by atoms with Crippen molar-refractivity contribution in [1.82, 2.24) is 0 Å². The van der Waals surface area contributed by atoms with E-state index >= 15 is 0 Å². The van der Waals surface area contributed by atoms with E-state index in [1.807, 2.05) is 0 Å². The van der Waals surface area contributed by atoms with Crippen molar-refractivity contribution in [2.75, 3.05) is 13.2 Å². The normalized spacial score (nSPS) is 34.4. The predicted octanol–water partition coefficient (Wildman–Crippen LogP) is 0.163. The Hall–Kier alpha value is -0.240. The molecule has 1 saturated heterocycles. The van der Waals surface area contributed by atoms with E-state index in [2.05, 4.69) is 6.92 Å². The number of aliphatic hydroxyl groups is 4. The zero-order valence-electron chi connectivity index (χ0n) is 12.1. The monoisotopic (exact) mass is 292 g/mol. The Morgan fingerprint density at radius 2 is 1.60 bits per heavy atom. The molecule has 1 rings (SSSR count). The highest BCUT2D eigenvalue weighted by atomic mass is 16.6. The van der Waals surface area contributed by atoms with Crippen LogP contribution in [0.5, 0.6) is 0 Å². The first-order valence-electron chi connectivity index (χ1n) is 7.54. The summed E-state index contributed by atoms with van der Waals surface area (Å²) in [6, 6.07) is 0. The average molecular weight is 292 g/mol. The summed E-state index contributed by atoms with van der Waals surface area (Å²) in [6.07, 6.45) is 0.968. The van der Waals surface area contributed by atoms with Gasteiger partial charge in [-0.1, -0.05) is 39.0 Å². The molecule has 1 aliphatic rings. The molecule has 0 saturated carbocycles. The summed E-state index contributed by atoms with van der Waals surface area (Å²) in [7, 11) is 0. The number of rotatable bonds is 9. The van der Waals surface area contributed by atoms with Gasteiger partial charge in [0.05, 0.1) is 6.61 Å². The van der Waals surface area contributed by atoms with Crippen LogP contribution in [0.4, 0.5) is 0 Å². The van der Waals surface area contributed by atoms with Crippen LogP contribution >= 0.6 is 0 Å². The van der Waals surface area contributed by atoms with Gasteiger partial charge in [0.1, 0.15) is 24.4 Å². The number of hydrogen-bond acceptors (Lipinski definition) is 6. The molecule has 5 atom stereocenters. The molecule has 0 unspecified atom stereocenters. The van der Waals surface area contributed by atoms with Crippen LogP contribution in [0.3, 0.4) is 0 Å². The van der Waals surface area contributed by atoms with Crippen LogP contribution in [-0.4, -0.2) is 64.3 Å². The summed E-state index contributed by atoms with van der Waals surface area (Å²) in [5, 5.41) is 38.2. The van der Waals surface area contributed by atoms with Gasteiger partial charge < -0.3 is 29.9 Å². The Kier molecular flexibility index (Phi) is 8.60. The maximum absolute atomic E-state index is 9.91. The lowest BCUT2D eigenvalue weighted by molar-refractivity contribution is -0.294. The fraction of sp³-hybridized carbons (Fsp3) is 1.00. The van der Waals surface area contributed by atoms with Crippen LogP contribution in [0.25, 0.3) is 0 Å². The third-order valence-electron chi connectivity index (χ3n) is 3.65. The molecule has 1 fully saturated rings. The second-order valence-corrected chi connectivity index (χ2v) is 5.33. The molecule has 0 aromatic rings. The minimum Gasteiger partial charge on any atom is -0.394 e. The molecular formula is C14H28O6. The standard InChI is InChI=1S/C14H28O6/c1-2-3-4-5-6-7-8-19-13-11(16)10(9-15)20-14(18)12(13)17/h10-18H,2-9H2,1H3/t10-,11-,12-,13+,14+/m1/s1. The maximum Gasteiger partial charge on any atom is 0.184 e. The van der Waals surface area contributed by atoms with Gasteiger partial charge in [-0.3, -0.25) is 0 Å². The Morgan fingerprint density at radius 1 is 0.950 bits per heavy atom. The van der Waals surface area contributed by atoms with Crippen LogP contribution in [0.2, 0.25) is 0 Å². The highest BCUT2D eigenvalue weighted by molar-refractivity contribution is 4.89. The van der Waals surface area contributed by atoms with Crippen molar-refractivity contribution >= 4 is 0 Å². The molecule has 0 bridgehead atoms. The Morgan fingerprint density at radius 3 is 2.25 bits per heavy atom. The van der Waals surface area contributed by atoms with Gasteiger partial charge in [0.25, 0.3) is 0 Å². The molecule has 0 aromatic heterocycles. The zero-order valence-corrected chi connectivity index (χ0v) is 12.1. The van der Waals surface area contributed by atoms with E-state index in [0.29, 0.717) is 6.61 Å². The molecule has 0 radical (unpaired) electrons. The van der Waals surface area contributed by atoms with Gasteiger partial charge in [-0.05, 0) is 6.42 Å². The van der Waals surface area contributed by atoms with Gasteiger partial charge >= 0.3 is 0 Å². The van der Waals surface area contributed by atoms with Crippen LogP contribution in [0, 0.1) is 0 Å². The third kappa shape index (κ3) is 5.27. The van der Waals surface area contributed by atoms with Crippen molar-refractivity contribution in [2.45, 2.75) is 76.2 Å². The molecule has 1 aliphatic heterocycles. The molecule has 0 aromatic carbocycles. The lowest BCUT2D eigenvalue weighted by Gasteiger charge is -2.39. The zero-order chi connectivity index (χ0) is 15.0. The number of hydrogen-bond donors (Lipinski definition) is 4. The highest BCUT2D eigenvalue weighted by Gasteiger charge is 2.44. The molecule has 4 N–H and O–H groups in total. The van der Waals surface area contributed by atoms with E-state index < -0.39 is 37.3 Å². The summed E-state index contributed by atoms with van der Waals surface area (Å²) in [4.78, 5) is 0. The van der Waals surface area contributed by atoms with Gasteiger partial charge in [0.15, 0.2) is 6.29 Å². The molecule has 6 heteroatoms. The molecule has 1 heterocycles. The minimum atomic E-state index is -1.44. The summed E-state index contributed by atoms with van der Waals surface area (Å²) in [5.41, 5.74) is 0. The van der Waals surface area contributed by atoms with Crippen molar-refractivity contribution < 1.29 is 29.9 Å². The first-order valence-corrected chi connectivity index (χ1v) is 7.54. The SMILES string of the molecule is CCCCCCCCO[C@@H]1[C@@H](O)[C@@H](O)O[C@H](CO)[C@H]1O. The predicted molar refractivity (Wildman–Crippen MR) is 73.1 cm³/mol. The first-order chi connectivity index (χ1) is 9.61. The number of ether oxygens (including phenoxy) is 2. The van der Waals surface area contributed by atoms with Crippen molar-refractivity contribution in [3.8, 4) is 0 Å². The quantitative estimate of drug-likeness (QED) is 0.452. The summed E-state index contributed by atoms with van der Waals surface area (Å²) >= 11 is 0. The van der Waals surface area contributed by atoms with Crippen molar-refractivity contribution in [2.24, 2.45) is 0 Å². The Bertz CT molecular complexity index is 250. The molecular weight excluding hydrogens is 264 g/mol. The summed E-state index contributed by atoms with van der Waals surface area (Å²) in [5.74, 6) is 0. The second kappa shape index (κ2) is 9.65. The smallest absolute Gasteiger partial charge is 0.184 e. The lowest BCUT2D eigenvalue weighted by atomic mass is 9.99. The van der Waals surface area contributed by atoms with E-state index in [0.717, 1.165) is 19.3 Å². The Labute approximate surface area is 120 Å². The first kappa shape index (κ1) is 17.8. The van der Waals surface area contributed by atoms with Crippen molar-refractivity contribution in [3.63, 3.8) is 0 Å². The van der Waals surface area contributed by atoms with Gasteiger partial charge in [-0.15, -0.1) is 0 Å². The fourth-order valence-corrected chi connectivity index (χ4v) is 2.37. The molecule has 120 valence electrons. The van der Waals surface area contributed by atoms with E-state index in [1.54, 1.807) is 0 Å². The minimum absolute atomic E-state index is 0.412. The topological polar surface area (TPSA) is 99.4 Å². The highest BCUT2D eigenvalue weighted by Crippen LogP contribution is 2.22. The second-order valence-electron chi connectivity index (χ2n) is 5.33.